The van der Waals surface area contributed by atoms with Crippen molar-refractivity contribution in [3.63, 3.8) is 0 Å². The summed E-state index contributed by atoms with van der Waals surface area (Å²) in [6, 6.07) is 16.2. The Bertz CT molecular complexity index is 887. The van der Waals surface area contributed by atoms with E-state index in [2.05, 4.69) is 11.4 Å². The third-order valence-electron chi connectivity index (χ3n) is 5.27. The second-order valence-corrected chi connectivity index (χ2v) is 6.95. The summed E-state index contributed by atoms with van der Waals surface area (Å²) in [7, 11) is 1.70. The molecule has 0 radical (unpaired) electrons. The number of hydrogen-bond acceptors (Lipinski definition) is 4. The lowest BCUT2D eigenvalue weighted by Crippen LogP contribution is -2.36. The number of carbonyl (C=O) groups excluding carboxylic acids is 1. The second kappa shape index (κ2) is 6.91. The molecule has 2 aliphatic rings. The van der Waals surface area contributed by atoms with Gasteiger partial charge in [0.2, 0.25) is 0 Å². The summed E-state index contributed by atoms with van der Waals surface area (Å²) in [6.45, 7) is 2.15. The van der Waals surface area contributed by atoms with Crippen molar-refractivity contribution in [2.45, 2.75) is 25.0 Å². The van der Waals surface area contributed by atoms with Gasteiger partial charge in [0.15, 0.2) is 0 Å². The number of nitrogens with one attached hydrogen (secondary N) is 1. The molecule has 1 N–H and O–H groups in total. The molecule has 26 heavy (non-hydrogen) atoms. The summed E-state index contributed by atoms with van der Waals surface area (Å²) in [5, 5.41) is 12.5. The van der Waals surface area contributed by atoms with Crippen molar-refractivity contribution in [1.82, 2.24) is 10.2 Å². The Labute approximate surface area is 153 Å². The highest BCUT2D eigenvalue weighted by atomic mass is 16.5. The van der Waals surface area contributed by atoms with Crippen LogP contribution >= 0.6 is 0 Å². The smallest absolute Gasteiger partial charge is 0.254 e. The summed E-state index contributed by atoms with van der Waals surface area (Å²) in [4.78, 5) is 14.9. The van der Waals surface area contributed by atoms with Crippen LogP contribution in [0.4, 0.5) is 0 Å². The predicted molar refractivity (Wildman–Crippen MR) is 98.5 cm³/mol. The fraction of sp³-hybridized carbons (Fsp3) is 0.333. The fourth-order valence-electron chi connectivity index (χ4n) is 3.93. The zero-order valence-electron chi connectivity index (χ0n) is 14.7. The van der Waals surface area contributed by atoms with E-state index in [4.69, 9.17) is 10.00 Å². The van der Waals surface area contributed by atoms with Crippen LogP contribution in [-0.4, -0.2) is 43.2 Å². The molecule has 2 atom stereocenters. The quantitative estimate of drug-likeness (QED) is 0.923. The molecule has 0 unspecified atom stereocenters. The van der Waals surface area contributed by atoms with E-state index in [-0.39, 0.29) is 11.9 Å². The van der Waals surface area contributed by atoms with E-state index in [0.717, 1.165) is 35.2 Å². The molecule has 2 aliphatic heterocycles. The van der Waals surface area contributed by atoms with Crippen molar-refractivity contribution in [3.8, 4) is 17.2 Å². The van der Waals surface area contributed by atoms with Crippen molar-refractivity contribution in [1.29, 1.82) is 5.26 Å². The maximum atomic E-state index is 13.0. The molecule has 2 heterocycles. The van der Waals surface area contributed by atoms with Gasteiger partial charge in [0.1, 0.15) is 0 Å². The van der Waals surface area contributed by atoms with E-state index in [1.54, 1.807) is 13.2 Å². The Morgan fingerprint density at radius 1 is 1.27 bits per heavy atom. The molecule has 5 heteroatoms. The van der Waals surface area contributed by atoms with Crippen LogP contribution in [0.3, 0.4) is 0 Å². The molecule has 132 valence electrons. The van der Waals surface area contributed by atoms with Crippen LogP contribution in [0.15, 0.2) is 42.5 Å². The number of ether oxygens (including phenoxy) is 1. The number of hydrogen-bond donors (Lipinski definition) is 1. The topological polar surface area (TPSA) is 65.4 Å². The Kier molecular flexibility index (Phi) is 4.46. The van der Waals surface area contributed by atoms with E-state index in [0.29, 0.717) is 24.8 Å². The van der Waals surface area contributed by atoms with E-state index in [9.17, 15) is 4.79 Å². The van der Waals surface area contributed by atoms with Gasteiger partial charge in [-0.15, -0.1) is 0 Å². The summed E-state index contributed by atoms with van der Waals surface area (Å²) >= 11 is 0. The van der Waals surface area contributed by atoms with E-state index < -0.39 is 0 Å². The lowest BCUT2D eigenvalue weighted by molar-refractivity contribution is 0.0711. The molecule has 4 rings (SSSR count). The van der Waals surface area contributed by atoms with Crippen LogP contribution in [0.25, 0.3) is 11.1 Å². The molecule has 0 aliphatic carbocycles. The van der Waals surface area contributed by atoms with E-state index in [1.165, 1.54) is 0 Å². The van der Waals surface area contributed by atoms with Gasteiger partial charge in [0.05, 0.1) is 18.2 Å². The zero-order valence-corrected chi connectivity index (χ0v) is 14.7. The first-order chi connectivity index (χ1) is 12.7. The van der Waals surface area contributed by atoms with Crippen molar-refractivity contribution in [2.24, 2.45) is 0 Å². The number of nitrogens with zero attached hydrogens (tertiary/aromatic N) is 2. The van der Waals surface area contributed by atoms with Gasteiger partial charge >= 0.3 is 0 Å². The number of methoxy groups -OCH3 is 1. The molecule has 0 saturated carbocycles. The number of carbonyl (C=O) groups is 1. The third-order valence-corrected chi connectivity index (χ3v) is 5.27. The minimum absolute atomic E-state index is 0.100. The van der Waals surface area contributed by atoms with Crippen molar-refractivity contribution >= 4 is 5.91 Å². The van der Waals surface area contributed by atoms with E-state index >= 15 is 0 Å². The zero-order chi connectivity index (χ0) is 18.1. The second-order valence-electron chi connectivity index (χ2n) is 6.95. The minimum Gasteiger partial charge on any atom is -0.383 e. The molecule has 1 amide bonds. The first-order valence-electron chi connectivity index (χ1n) is 8.86. The maximum Gasteiger partial charge on any atom is 0.254 e. The average Bonchev–Trinajstić information content (AvgIpc) is 3.26. The molecular formula is C21H21N3O2. The number of fused-ring (bicyclic) bond motifs is 1. The van der Waals surface area contributed by atoms with Crippen molar-refractivity contribution in [2.75, 3.05) is 20.3 Å². The third kappa shape index (κ3) is 2.98. The highest BCUT2D eigenvalue weighted by molar-refractivity contribution is 5.99. The van der Waals surface area contributed by atoms with Crippen molar-refractivity contribution in [3.05, 3.63) is 59.2 Å². The van der Waals surface area contributed by atoms with Crippen LogP contribution in [0.1, 0.15) is 27.9 Å². The Balaban J connectivity index is 1.57. The van der Waals surface area contributed by atoms with E-state index in [1.807, 2.05) is 41.3 Å². The maximum absolute atomic E-state index is 13.0. The summed E-state index contributed by atoms with van der Waals surface area (Å²) in [6.07, 6.45) is 0.921. The molecule has 0 spiro atoms. The SMILES string of the molecule is COC[C@@H]1C[C@@H](N2Cc3ccc(-c4cccc(C#N)c4)cc3C2=O)CN1. The van der Waals surface area contributed by atoms with Crippen LogP contribution in [0.2, 0.25) is 0 Å². The highest BCUT2D eigenvalue weighted by Gasteiger charge is 2.36. The number of benzene rings is 2. The van der Waals surface area contributed by atoms with Crippen LogP contribution in [0, 0.1) is 11.3 Å². The largest absolute Gasteiger partial charge is 0.383 e. The Morgan fingerprint density at radius 3 is 2.92 bits per heavy atom. The lowest BCUT2D eigenvalue weighted by Gasteiger charge is -2.23. The van der Waals surface area contributed by atoms with Gasteiger partial charge in [-0.05, 0) is 41.3 Å². The molecular weight excluding hydrogens is 326 g/mol. The van der Waals surface area contributed by atoms with Gasteiger partial charge in [0, 0.05) is 37.8 Å². The first-order valence-corrected chi connectivity index (χ1v) is 8.86. The highest BCUT2D eigenvalue weighted by Crippen LogP contribution is 2.31. The Hall–Kier alpha value is -2.68. The molecule has 1 fully saturated rings. The van der Waals surface area contributed by atoms with Crippen molar-refractivity contribution < 1.29 is 9.53 Å². The fourth-order valence-corrected chi connectivity index (χ4v) is 3.93. The lowest BCUT2D eigenvalue weighted by atomic mass is 9.99. The van der Waals surface area contributed by atoms with Crippen LogP contribution < -0.4 is 5.32 Å². The summed E-state index contributed by atoms with van der Waals surface area (Å²) in [5.41, 5.74) is 4.40. The number of amides is 1. The van der Waals surface area contributed by atoms with Gasteiger partial charge in [-0.1, -0.05) is 24.3 Å². The summed E-state index contributed by atoms with van der Waals surface area (Å²) < 4.78 is 5.22. The molecule has 2 aromatic rings. The first kappa shape index (κ1) is 16.8. The monoisotopic (exact) mass is 347 g/mol. The molecule has 0 aromatic heterocycles. The number of nitriles is 1. The Morgan fingerprint density at radius 2 is 2.12 bits per heavy atom. The number of rotatable bonds is 4. The predicted octanol–water partition coefficient (Wildman–Crippen LogP) is 2.56. The van der Waals surface area contributed by atoms with Gasteiger partial charge in [-0.25, -0.2) is 0 Å². The molecule has 1 saturated heterocycles. The summed E-state index contributed by atoms with van der Waals surface area (Å²) in [5.74, 6) is 0.100. The van der Waals surface area contributed by atoms with Gasteiger partial charge < -0.3 is 15.0 Å². The van der Waals surface area contributed by atoms with Gasteiger partial charge in [0.25, 0.3) is 5.91 Å². The minimum atomic E-state index is 0.100. The van der Waals surface area contributed by atoms with Gasteiger partial charge in [-0.3, -0.25) is 4.79 Å². The normalized spacial score (nSPS) is 21.7. The standard InChI is InChI=1S/C21H21N3O2/c1-26-13-18-9-19(11-23-18)24-12-17-6-5-16(8-20(17)21(24)25)15-4-2-3-14(7-15)10-22/h2-8,18-19,23H,9,11-13H2,1H3/t18-,19+/m0/s1. The van der Waals surface area contributed by atoms with Crippen LogP contribution in [-0.2, 0) is 11.3 Å². The molecule has 2 aromatic carbocycles. The molecule has 5 nitrogen and oxygen atoms in total. The average molecular weight is 347 g/mol. The van der Waals surface area contributed by atoms with Gasteiger partial charge in [-0.2, -0.15) is 5.26 Å². The van der Waals surface area contributed by atoms with Crippen LogP contribution in [0.5, 0.6) is 0 Å². The molecule has 0 bridgehead atoms.